The molecule has 0 saturated carbocycles. The summed E-state index contributed by atoms with van der Waals surface area (Å²) < 4.78 is 6.65. The Kier molecular flexibility index (Phi) is 5.53. The number of aromatic nitrogens is 3. The molecular weight excluding hydrogens is 360 g/mol. The predicted octanol–water partition coefficient (Wildman–Crippen LogP) is 1.38. The summed E-state index contributed by atoms with van der Waals surface area (Å²) in [6.45, 7) is 0.842. The zero-order valence-corrected chi connectivity index (χ0v) is 14.8. The molecule has 0 spiro atoms. The van der Waals surface area contributed by atoms with Gasteiger partial charge in [0, 0.05) is 18.2 Å². The van der Waals surface area contributed by atoms with Crippen LogP contribution in [0.25, 0.3) is 0 Å². The van der Waals surface area contributed by atoms with Gasteiger partial charge in [-0.1, -0.05) is 35.0 Å². The van der Waals surface area contributed by atoms with Crippen molar-refractivity contribution >= 4 is 23.5 Å². The van der Waals surface area contributed by atoms with Crippen molar-refractivity contribution in [1.29, 1.82) is 0 Å². The van der Waals surface area contributed by atoms with Crippen LogP contribution in [0.2, 0.25) is 5.02 Å². The normalized spacial score (nSPS) is 16.2. The van der Waals surface area contributed by atoms with Crippen LogP contribution in [0.5, 0.6) is 0 Å². The van der Waals surface area contributed by atoms with Crippen molar-refractivity contribution in [3.05, 3.63) is 46.7 Å². The standard InChI is InChI=1S/C17H19ClN4O4/c18-14-4-2-1-3-13(14)17(5-7-26-8-6-17)16(25)19-9-12-10-22(21-20-12)11-15(23)24/h1-4,10H,5-9,11H2,(H,19,25)(H,23,24). The summed E-state index contributed by atoms with van der Waals surface area (Å²) in [6.07, 6.45) is 2.57. The topological polar surface area (TPSA) is 106 Å². The molecule has 2 aromatic rings. The third-order valence-corrected chi connectivity index (χ3v) is 4.81. The van der Waals surface area contributed by atoms with Crippen LogP contribution in [0.4, 0.5) is 0 Å². The Bertz CT molecular complexity index is 802. The SMILES string of the molecule is O=C(O)Cn1cc(CNC(=O)C2(c3ccccc3Cl)CCOCC2)nn1. The van der Waals surface area contributed by atoms with E-state index in [9.17, 15) is 9.59 Å². The first-order valence-electron chi connectivity index (χ1n) is 8.23. The summed E-state index contributed by atoms with van der Waals surface area (Å²) in [6, 6.07) is 7.34. The van der Waals surface area contributed by atoms with Crippen molar-refractivity contribution in [2.45, 2.75) is 31.3 Å². The number of hydrogen-bond acceptors (Lipinski definition) is 5. The molecular formula is C17H19ClN4O4. The van der Waals surface area contributed by atoms with Gasteiger partial charge >= 0.3 is 5.97 Å². The van der Waals surface area contributed by atoms with E-state index in [1.807, 2.05) is 18.2 Å². The van der Waals surface area contributed by atoms with Gasteiger partial charge in [0.2, 0.25) is 5.91 Å². The van der Waals surface area contributed by atoms with Crippen LogP contribution in [0, 0.1) is 0 Å². The van der Waals surface area contributed by atoms with Gasteiger partial charge in [0.05, 0.1) is 18.2 Å². The second kappa shape index (κ2) is 7.84. The molecule has 26 heavy (non-hydrogen) atoms. The predicted molar refractivity (Wildman–Crippen MR) is 92.7 cm³/mol. The molecule has 0 aliphatic carbocycles. The summed E-state index contributed by atoms with van der Waals surface area (Å²) in [5.74, 6) is -1.16. The fraction of sp³-hybridized carbons (Fsp3) is 0.412. The van der Waals surface area contributed by atoms with Crippen molar-refractivity contribution in [2.75, 3.05) is 13.2 Å². The van der Waals surface area contributed by atoms with Gasteiger partial charge in [-0.05, 0) is 24.5 Å². The van der Waals surface area contributed by atoms with E-state index in [4.69, 9.17) is 21.4 Å². The number of aliphatic carboxylic acids is 1. The zero-order chi connectivity index (χ0) is 18.6. The molecule has 3 rings (SSSR count). The number of nitrogens with one attached hydrogen (secondary N) is 1. The van der Waals surface area contributed by atoms with Gasteiger partial charge < -0.3 is 15.2 Å². The van der Waals surface area contributed by atoms with E-state index in [-0.39, 0.29) is 19.0 Å². The number of nitrogens with zero attached hydrogens (tertiary/aromatic N) is 3. The number of carboxylic acid groups (broad SMARTS) is 1. The number of amides is 1. The first-order valence-corrected chi connectivity index (χ1v) is 8.61. The molecule has 1 fully saturated rings. The fourth-order valence-corrected chi connectivity index (χ4v) is 3.48. The number of carbonyl (C=O) groups excluding carboxylic acids is 1. The molecule has 2 heterocycles. The molecule has 8 nitrogen and oxygen atoms in total. The smallest absolute Gasteiger partial charge is 0.325 e. The first kappa shape index (κ1) is 18.3. The summed E-state index contributed by atoms with van der Waals surface area (Å²) in [7, 11) is 0. The van der Waals surface area contributed by atoms with Crippen molar-refractivity contribution in [1.82, 2.24) is 20.3 Å². The summed E-state index contributed by atoms with van der Waals surface area (Å²) in [5.41, 5.74) is 0.520. The molecule has 0 radical (unpaired) electrons. The summed E-state index contributed by atoms with van der Waals surface area (Å²) >= 11 is 6.36. The highest BCUT2D eigenvalue weighted by Crippen LogP contribution is 2.38. The van der Waals surface area contributed by atoms with Gasteiger partial charge in [-0.15, -0.1) is 5.10 Å². The number of carbonyl (C=O) groups is 2. The van der Waals surface area contributed by atoms with Crippen LogP contribution in [-0.4, -0.2) is 45.2 Å². The fourth-order valence-electron chi connectivity index (χ4n) is 3.16. The van der Waals surface area contributed by atoms with Crippen molar-refractivity contribution in [2.24, 2.45) is 0 Å². The van der Waals surface area contributed by atoms with Gasteiger partial charge in [-0.25, -0.2) is 4.68 Å². The minimum atomic E-state index is -1.01. The third-order valence-electron chi connectivity index (χ3n) is 4.48. The number of hydrogen-bond donors (Lipinski definition) is 2. The Morgan fingerprint density at radius 3 is 2.73 bits per heavy atom. The Morgan fingerprint density at radius 2 is 2.04 bits per heavy atom. The summed E-state index contributed by atoms with van der Waals surface area (Å²) in [5, 5.41) is 19.8. The van der Waals surface area contributed by atoms with E-state index in [0.29, 0.717) is 36.8 Å². The minimum absolute atomic E-state index is 0.151. The first-order chi connectivity index (χ1) is 12.5. The lowest BCUT2D eigenvalue weighted by atomic mass is 9.73. The molecule has 0 bridgehead atoms. The van der Waals surface area contributed by atoms with Crippen molar-refractivity contribution < 1.29 is 19.4 Å². The Balaban J connectivity index is 1.75. The van der Waals surface area contributed by atoms with Crippen LogP contribution >= 0.6 is 11.6 Å². The van der Waals surface area contributed by atoms with Gasteiger partial charge in [0.25, 0.3) is 0 Å². The molecule has 1 saturated heterocycles. The number of rotatable bonds is 6. The van der Waals surface area contributed by atoms with Gasteiger partial charge in [0.15, 0.2) is 0 Å². The molecule has 2 N–H and O–H groups in total. The number of carboxylic acids is 1. The number of halogens is 1. The minimum Gasteiger partial charge on any atom is -0.480 e. The molecule has 138 valence electrons. The average Bonchev–Trinajstić information content (AvgIpc) is 3.07. The number of ether oxygens (including phenoxy) is 1. The molecule has 1 aromatic carbocycles. The van der Waals surface area contributed by atoms with Gasteiger partial charge in [-0.3, -0.25) is 9.59 Å². The van der Waals surface area contributed by atoms with Gasteiger partial charge in [0.1, 0.15) is 12.2 Å². The molecule has 0 atom stereocenters. The third kappa shape index (κ3) is 3.86. The largest absolute Gasteiger partial charge is 0.480 e. The average molecular weight is 379 g/mol. The quantitative estimate of drug-likeness (QED) is 0.786. The Labute approximate surface area is 155 Å². The van der Waals surface area contributed by atoms with Crippen LogP contribution in [0.15, 0.2) is 30.5 Å². The zero-order valence-electron chi connectivity index (χ0n) is 14.0. The van der Waals surface area contributed by atoms with Crippen molar-refractivity contribution in [3.63, 3.8) is 0 Å². The monoisotopic (exact) mass is 378 g/mol. The number of benzene rings is 1. The van der Waals surface area contributed by atoms with E-state index in [2.05, 4.69) is 15.6 Å². The molecule has 1 amide bonds. The van der Waals surface area contributed by atoms with Crippen LogP contribution < -0.4 is 5.32 Å². The second-order valence-corrected chi connectivity index (χ2v) is 6.57. The molecule has 1 aromatic heterocycles. The van der Waals surface area contributed by atoms with E-state index >= 15 is 0 Å². The maximum atomic E-state index is 13.1. The van der Waals surface area contributed by atoms with Crippen LogP contribution in [-0.2, 0) is 32.8 Å². The molecule has 0 unspecified atom stereocenters. The highest BCUT2D eigenvalue weighted by Gasteiger charge is 2.42. The van der Waals surface area contributed by atoms with E-state index in [1.54, 1.807) is 6.07 Å². The van der Waals surface area contributed by atoms with E-state index in [0.717, 1.165) is 5.56 Å². The Hall–Kier alpha value is -2.45. The molecule has 1 aliphatic heterocycles. The second-order valence-electron chi connectivity index (χ2n) is 6.16. The lowest BCUT2D eigenvalue weighted by molar-refractivity contribution is -0.138. The van der Waals surface area contributed by atoms with Gasteiger partial charge in [-0.2, -0.15) is 0 Å². The highest BCUT2D eigenvalue weighted by atomic mass is 35.5. The van der Waals surface area contributed by atoms with E-state index < -0.39 is 11.4 Å². The lowest BCUT2D eigenvalue weighted by Crippen LogP contribution is -2.48. The summed E-state index contributed by atoms with van der Waals surface area (Å²) in [4.78, 5) is 23.8. The maximum Gasteiger partial charge on any atom is 0.325 e. The van der Waals surface area contributed by atoms with E-state index in [1.165, 1.54) is 10.9 Å². The molecule has 1 aliphatic rings. The van der Waals surface area contributed by atoms with Crippen LogP contribution in [0.3, 0.4) is 0 Å². The maximum absolute atomic E-state index is 13.1. The van der Waals surface area contributed by atoms with Crippen LogP contribution in [0.1, 0.15) is 24.1 Å². The molecule has 9 heteroatoms. The lowest BCUT2D eigenvalue weighted by Gasteiger charge is -2.36. The Morgan fingerprint density at radius 1 is 1.31 bits per heavy atom. The highest BCUT2D eigenvalue weighted by molar-refractivity contribution is 6.31. The van der Waals surface area contributed by atoms with Crippen molar-refractivity contribution in [3.8, 4) is 0 Å².